The maximum atomic E-state index is 13.1. The third kappa shape index (κ3) is 4.62. The molecule has 2 aromatic carbocycles. The number of benzene rings is 2. The van der Waals surface area contributed by atoms with Crippen LogP contribution >= 0.6 is 22.7 Å². The molecule has 0 aliphatic carbocycles. The molecule has 3 heterocycles. The van der Waals surface area contributed by atoms with Gasteiger partial charge in [-0.2, -0.15) is 0 Å². The lowest BCUT2D eigenvalue weighted by Crippen LogP contribution is -2.48. The van der Waals surface area contributed by atoms with Crippen LogP contribution in [-0.4, -0.2) is 51.9 Å². The van der Waals surface area contributed by atoms with Crippen molar-refractivity contribution in [2.45, 2.75) is 6.54 Å². The van der Waals surface area contributed by atoms with Gasteiger partial charge in [-0.1, -0.05) is 30.3 Å². The number of amides is 1. The lowest BCUT2D eigenvalue weighted by molar-refractivity contribution is 0.0623. The average molecular weight is 465 g/mol. The van der Waals surface area contributed by atoms with E-state index in [9.17, 15) is 9.18 Å². The smallest absolute Gasteiger partial charge is 0.273 e. The second kappa shape index (κ2) is 9.28. The lowest BCUT2D eigenvalue weighted by atomic mass is 10.2. The molecule has 1 aliphatic heterocycles. The van der Waals surface area contributed by atoms with Crippen molar-refractivity contribution < 1.29 is 9.18 Å². The molecule has 0 radical (unpaired) electrons. The molecule has 162 valence electrons. The fourth-order valence-corrected chi connectivity index (χ4v) is 5.33. The van der Waals surface area contributed by atoms with Crippen molar-refractivity contribution in [3.8, 4) is 21.8 Å². The van der Waals surface area contributed by atoms with Gasteiger partial charge in [0.05, 0.1) is 12.2 Å². The van der Waals surface area contributed by atoms with E-state index in [1.807, 2.05) is 46.0 Å². The van der Waals surface area contributed by atoms with Crippen LogP contribution in [0.2, 0.25) is 0 Å². The first-order chi connectivity index (χ1) is 15.7. The highest BCUT2D eigenvalue weighted by Gasteiger charge is 2.24. The fraction of sp³-hybridized carbons (Fsp3) is 0.208. The van der Waals surface area contributed by atoms with Gasteiger partial charge < -0.3 is 4.90 Å². The van der Waals surface area contributed by atoms with Gasteiger partial charge in [0.15, 0.2) is 0 Å². The summed E-state index contributed by atoms with van der Waals surface area (Å²) >= 11 is 3.11. The maximum Gasteiger partial charge on any atom is 0.273 e. The van der Waals surface area contributed by atoms with Crippen molar-refractivity contribution >= 4 is 28.6 Å². The number of carbonyl (C=O) groups is 1. The van der Waals surface area contributed by atoms with Gasteiger partial charge in [-0.25, -0.2) is 14.4 Å². The van der Waals surface area contributed by atoms with Crippen LogP contribution in [-0.2, 0) is 6.54 Å². The predicted octanol–water partition coefficient (Wildman–Crippen LogP) is 5.03. The van der Waals surface area contributed by atoms with Gasteiger partial charge in [0.2, 0.25) is 0 Å². The van der Waals surface area contributed by atoms with Gasteiger partial charge in [0.25, 0.3) is 5.91 Å². The standard InChI is InChI=1S/C24H21FN4OS2/c25-19-8-6-17(7-9-19)20-15-31-22(26-20)14-28-10-12-29(13-11-28)24(30)21-16-32-23(27-21)18-4-2-1-3-5-18/h1-9,15-16H,10-14H2. The van der Waals surface area contributed by atoms with E-state index in [0.29, 0.717) is 18.8 Å². The van der Waals surface area contributed by atoms with Gasteiger partial charge in [0, 0.05) is 48.1 Å². The van der Waals surface area contributed by atoms with Gasteiger partial charge in [-0.15, -0.1) is 22.7 Å². The molecule has 4 aromatic rings. The molecule has 0 atom stereocenters. The molecule has 0 saturated carbocycles. The Kier molecular flexibility index (Phi) is 6.07. The minimum atomic E-state index is -0.245. The van der Waals surface area contributed by atoms with Crippen molar-refractivity contribution in [2.24, 2.45) is 0 Å². The zero-order chi connectivity index (χ0) is 21.9. The molecule has 2 aromatic heterocycles. The lowest BCUT2D eigenvalue weighted by Gasteiger charge is -2.33. The number of hydrogen-bond donors (Lipinski definition) is 0. The monoisotopic (exact) mass is 464 g/mol. The first-order valence-electron chi connectivity index (χ1n) is 10.4. The first kappa shape index (κ1) is 20.9. The second-order valence-electron chi connectivity index (χ2n) is 7.61. The third-order valence-corrected chi connectivity index (χ3v) is 7.18. The summed E-state index contributed by atoms with van der Waals surface area (Å²) in [6, 6.07) is 16.3. The number of rotatable bonds is 5. The predicted molar refractivity (Wildman–Crippen MR) is 126 cm³/mol. The molecule has 5 rings (SSSR count). The topological polar surface area (TPSA) is 49.3 Å². The first-order valence-corrected chi connectivity index (χ1v) is 12.1. The van der Waals surface area contributed by atoms with E-state index in [-0.39, 0.29) is 11.7 Å². The number of nitrogens with zero attached hydrogens (tertiary/aromatic N) is 4. The Labute approximate surface area is 193 Å². The minimum Gasteiger partial charge on any atom is -0.335 e. The molecule has 0 bridgehead atoms. The van der Waals surface area contributed by atoms with E-state index < -0.39 is 0 Å². The van der Waals surface area contributed by atoms with Crippen molar-refractivity contribution in [3.63, 3.8) is 0 Å². The number of aromatic nitrogens is 2. The summed E-state index contributed by atoms with van der Waals surface area (Å²) in [5.41, 5.74) is 3.34. The number of piperazine rings is 1. The summed E-state index contributed by atoms with van der Waals surface area (Å²) in [6.45, 7) is 3.70. The third-order valence-electron chi connectivity index (χ3n) is 5.45. The summed E-state index contributed by atoms with van der Waals surface area (Å²) in [5.74, 6) is -0.249. The summed E-state index contributed by atoms with van der Waals surface area (Å²) in [6.07, 6.45) is 0. The van der Waals surface area contributed by atoms with E-state index in [1.54, 1.807) is 23.5 Å². The Balaban J connectivity index is 1.17. The van der Waals surface area contributed by atoms with Crippen LogP contribution in [0.3, 0.4) is 0 Å². The van der Waals surface area contributed by atoms with Crippen molar-refractivity contribution in [1.29, 1.82) is 0 Å². The van der Waals surface area contributed by atoms with Crippen molar-refractivity contribution in [3.05, 3.63) is 81.9 Å². The van der Waals surface area contributed by atoms with Crippen LogP contribution in [0.15, 0.2) is 65.4 Å². The quantitative estimate of drug-likeness (QED) is 0.416. The molecule has 0 unspecified atom stereocenters. The van der Waals surface area contributed by atoms with E-state index >= 15 is 0 Å². The molecule has 5 nitrogen and oxygen atoms in total. The van der Waals surface area contributed by atoms with E-state index in [2.05, 4.69) is 9.88 Å². The van der Waals surface area contributed by atoms with E-state index in [0.717, 1.165) is 46.5 Å². The van der Waals surface area contributed by atoms with Gasteiger partial charge in [0.1, 0.15) is 21.5 Å². The summed E-state index contributed by atoms with van der Waals surface area (Å²) in [5, 5.41) is 5.75. The van der Waals surface area contributed by atoms with Crippen LogP contribution in [0, 0.1) is 5.82 Å². The van der Waals surface area contributed by atoms with Crippen LogP contribution in [0.5, 0.6) is 0 Å². The number of hydrogen-bond acceptors (Lipinski definition) is 6. The molecule has 0 N–H and O–H groups in total. The summed E-state index contributed by atoms with van der Waals surface area (Å²) in [4.78, 5) is 26.4. The van der Waals surface area contributed by atoms with Crippen molar-refractivity contribution in [2.75, 3.05) is 26.2 Å². The van der Waals surface area contributed by atoms with E-state index in [4.69, 9.17) is 4.98 Å². The second-order valence-corrected chi connectivity index (χ2v) is 9.41. The normalized spacial score (nSPS) is 14.6. The Morgan fingerprint density at radius 3 is 2.38 bits per heavy atom. The van der Waals surface area contributed by atoms with Crippen LogP contribution in [0.4, 0.5) is 4.39 Å². The Morgan fingerprint density at radius 1 is 0.875 bits per heavy atom. The number of halogens is 1. The molecule has 1 aliphatic rings. The minimum absolute atomic E-state index is 0.00377. The summed E-state index contributed by atoms with van der Waals surface area (Å²) in [7, 11) is 0. The number of thiazole rings is 2. The van der Waals surface area contributed by atoms with Crippen LogP contribution < -0.4 is 0 Å². The maximum absolute atomic E-state index is 13.1. The molecule has 8 heteroatoms. The molecular weight excluding hydrogens is 443 g/mol. The zero-order valence-electron chi connectivity index (χ0n) is 17.3. The van der Waals surface area contributed by atoms with E-state index in [1.165, 1.54) is 23.5 Å². The van der Waals surface area contributed by atoms with Gasteiger partial charge in [-0.3, -0.25) is 9.69 Å². The molecule has 1 amide bonds. The summed E-state index contributed by atoms with van der Waals surface area (Å²) < 4.78 is 13.1. The zero-order valence-corrected chi connectivity index (χ0v) is 18.9. The Bertz CT molecular complexity index is 1200. The van der Waals surface area contributed by atoms with Gasteiger partial charge in [-0.05, 0) is 24.3 Å². The highest BCUT2D eigenvalue weighted by molar-refractivity contribution is 7.13. The Morgan fingerprint density at radius 2 is 1.62 bits per heavy atom. The highest BCUT2D eigenvalue weighted by atomic mass is 32.1. The average Bonchev–Trinajstić information content (AvgIpc) is 3.51. The Hall–Kier alpha value is -2.94. The highest BCUT2D eigenvalue weighted by Crippen LogP contribution is 2.25. The molecule has 0 spiro atoms. The molecule has 32 heavy (non-hydrogen) atoms. The fourth-order valence-electron chi connectivity index (χ4n) is 3.68. The molecule has 1 saturated heterocycles. The largest absolute Gasteiger partial charge is 0.335 e. The number of carbonyl (C=O) groups excluding carboxylic acids is 1. The van der Waals surface area contributed by atoms with Crippen LogP contribution in [0.1, 0.15) is 15.5 Å². The molecule has 1 fully saturated rings. The molecular formula is C24H21FN4OS2. The SMILES string of the molecule is O=C(c1csc(-c2ccccc2)n1)N1CCN(Cc2nc(-c3ccc(F)cc3)cs2)CC1. The van der Waals surface area contributed by atoms with Crippen molar-refractivity contribution in [1.82, 2.24) is 19.8 Å². The van der Waals surface area contributed by atoms with Crippen LogP contribution in [0.25, 0.3) is 21.8 Å². The van der Waals surface area contributed by atoms with Gasteiger partial charge >= 0.3 is 0 Å².